The number of aliphatic hydroxyl groups excluding tert-OH is 1. The Bertz CT molecular complexity index is 882. The molecule has 0 fully saturated rings. The highest BCUT2D eigenvalue weighted by molar-refractivity contribution is 6.10. The van der Waals surface area contributed by atoms with Gasteiger partial charge in [0.25, 0.3) is 11.8 Å². The van der Waals surface area contributed by atoms with E-state index in [1.807, 2.05) is 0 Å². The van der Waals surface area contributed by atoms with Crippen LogP contribution in [-0.4, -0.2) is 36.5 Å². The van der Waals surface area contributed by atoms with Crippen LogP contribution in [-0.2, 0) is 6.54 Å². The highest BCUT2D eigenvalue weighted by Crippen LogP contribution is 2.32. The van der Waals surface area contributed by atoms with Crippen LogP contribution >= 0.6 is 0 Å². The number of hydrogen-bond donors (Lipinski definition) is 3. The molecule has 2 aromatic carbocycles. The number of fused-ring (bicyclic) bond motifs is 2. The number of benzene rings is 2. The lowest BCUT2D eigenvalue weighted by atomic mass is 10.1. The van der Waals surface area contributed by atoms with Crippen molar-refractivity contribution in [2.45, 2.75) is 12.8 Å². The summed E-state index contributed by atoms with van der Waals surface area (Å²) >= 11 is 0. The van der Waals surface area contributed by atoms with Gasteiger partial charge in [-0.25, -0.2) is 0 Å². The molecule has 2 amide bonds. The van der Waals surface area contributed by atoms with Crippen molar-refractivity contribution < 1.29 is 28.9 Å². The van der Waals surface area contributed by atoms with Crippen LogP contribution in [0.5, 0.6) is 17.2 Å². The van der Waals surface area contributed by atoms with Crippen molar-refractivity contribution in [3.63, 3.8) is 0 Å². The van der Waals surface area contributed by atoms with Crippen LogP contribution in [0.2, 0.25) is 0 Å². The first-order chi connectivity index (χ1) is 12.6. The number of aliphatic hydroxyl groups is 1. The molecule has 1 atom stereocenters. The molecule has 26 heavy (non-hydrogen) atoms. The minimum Gasteiger partial charge on any atom is -0.463 e. The topological polar surface area (TPSA) is 106 Å². The average molecular weight is 356 g/mol. The van der Waals surface area contributed by atoms with E-state index in [-0.39, 0.29) is 17.9 Å². The van der Waals surface area contributed by atoms with Gasteiger partial charge in [-0.15, -0.1) is 0 Å². The molecule has 0 radical (unpaired) electrons. The molecule has 0 bridgehead atoms. The summed E-state index contributed by atoms with van der Waals surface area (Å²) in [5, 5.41) is 15.0. The van der Waals surface area contributed by atoms with Crippen molar-refractivity contribution in [1.82, 2.24) is 10.6 Å². The first-order valence-electron chi connectivity index (χ1n) is 8.04. The van der Waals surface area contributed by atoms with Gasteiger partial charge in [0.05, 0.1) is 6.54 Å². The summed E-state index contributed by atoms with van der Waals surface area (Å²) in [5.74, 6) is 0.315. The van der Waals surface area contributed by atoms with Gasteiger partial charge in [0, 0.05) is 23.2 Å². The van der Waals surface area contributed by atoms with Crippen LogP contribution in [0.25, 0.3) is 0 Å². The number of carbonyl (C=O) groups excluding carboxylic acids is 2. The molecule has 0 aromatic heterocycles. The number of nitrogens with one attached hydrogen (secondary N) is 2. The van der Waals surface area contributed by atoms with E-state index in [0.717, 1.165) is 5.56 Å². The van der Waals surface area contributed by atoms with Gasteiger partial charge < -0.3 is 24.6 Å². The molecule has 0 spiro atoms. The summed E-state index contributed by atoms with van der Waals surface area (Å²) in [5.41, 5.74) is 1.36. The van der Waals surface area contributed by atoms with E-state index in [1.165, 1.54) is 12.1 Å². The molecule has 0 saturated carbocycles. The fourth-order valence-electron chi connectivity index (χ4n) is 2.76. The van der Waals surface area contributed by atoms with Crippen LogP contribution < -0.4 is 24.8 Å². The van der Waals surface area contributed by atoms with Crippen molar-refractivity contribution in [2.75, 3.05) is 13.3 Å². The van der Waals surface area contributed by atoms with E-state index in [4.69, 9.17) is 14.2 Å². The van der Waals surface area contributed by atoms with Crippen molar-refractivity contribution >= 4 is 11.8 Å². The third kappa shape index (κ3) is 3.19. The number of amides is 2. The van der Waals surface area contributed by atoms with Gasteiger partial charge in [-0.1, -0.05) is 6.07 Å². The van der Waals surface area contributed by atoms with Gasteiger partial charge in [-0.05, 0) is 30.3 Å². The molecule has 8 nitrogen and oxygen atoms in total. The minimum atomic E-state index is -0.996. The van der Waals surface area contributed by atoms with E-state index in [1.54, 1.807) is 24.3 Å². The van der Waals surface area contributed by atoms with Gasteiger partial charge in [0.2, 0.25) is 13.1 Å². The standard InChI is InChI=1S/C18H16N2O6/c21-16-8-19-7-12-2-1-10(5-14(12)26-16)17(22)20-18(23)11-3-4-13-15(6-11)25-9-24-13/h1-6,16,19,21H,7-9H2,(H,20,22,23). The Morgan fingerprint density at radius 3 is 2.50 bits per heavy atom. The molecular formula is C18H16N2O6. The number of rotatable bonds is 2. The van der Waals surface area contributed by atoms with Crippen LogP contribution in [0, 0.1) is 0 Å². The molecule has 0 saturated heterocycles. The SMILES string of the molecule is O=C(NC(=O)c1ccc2c(c1)OCO2)c1ccc2c(c1)OC(O)CNC2. The molecule has 2 aliphatic rings. The summed E-state index contributed by atoms with van der Waals surface area (Å²) in [6, 6.07) is 9.52. The molecule has 134 valence electrons. The number of carbonyl (C=O) groups is 2. The highest BCUT2D eigenvalue weighted by atomic mass is 16.7. The highest BCUT2D eigenvalue weighted by Gasteiger charge is 2.20. The van der Waals surface area contributed by atoms with E-state index < -0.39 is 18.1 Å². The van der Waals surface area contributed by atoms with E-state index in [9.17, 15) is 14.7 Å². The Morgan fingerprint density at radius 2 is 1.69 bits per heavy atom. The summed E-state index contributed by atoms with van der Waals surface area (Å²) in [6.07, 6.45) is -0.996. The van der Waals surface area contributed by atoms with E-state index in [0.29, 0.717) is 30.3 Å². The third-order valence-corrected chi connectivity index (χ3v) is 4.09. The Balaban J connectivity index is 1.50. The predicted molar refractivity (Wildman–Crippen MR) is 89.1 cm³/mol. The summed E-state index contributed by atoms with van der Waals surface area (Å²) in [6.45, 7) is 0.915. The molecule has 8 heteroatoms. The predicted octanol–water partition coefficient (Wildman–Crippen LogP) is 0.786. The quantitative estimate of drug-likeness (QED) is 0.683. The van der Waals surface area contributed by atoms with Crippen LogP contribution in [0.1, 0.15) is 26.3 Å². The Morgan fingerprint density at radius 1 is 1.00 bits per heavy atom. The first-order valence-corrected chi connectivity index (χ1v) is 8.04. The van der Waals surface area contributed by atoms with E-state index in [2.05, 4.69) is 10.6 Å². The molecule has 1 unspecified atom stereocenters. The maximum absolute atomic E-state index is 12.4. The van der Waals surface area contributed by atoms with Gasteiger partial charge in [-0.3, -0.25) is 14.9 Å². The van der Waals surface area contributed by atoms with Gasteiger partial charge >= 0.3 is 0 Å². The van der Waals surface area contributed by atoms with Gasteiger partial charge in [-0.2, -0.15) is 0 Å². The average Bonchev–Trinajstić information content (AvgIpc) is 3.02. The van der Waals surface area contributed by atoms with Crippen molar-refractivity contribution in [2.24, 2.45) is 0 Å². The summed E-state index contributed by atoms with van der Waals surface area (Å²) in [7, 11) is 0. The zero-order valence-corrected chi connectivity index (χ0v) is 13.7. The van der Waals surface area contributed by atoms with Crippen molar-refractivity contribution in [3.8, 4) is 17.2 Å². The fourth-order valence-corrected chi connectivity index (χ4v) is 2.76. The van der Waals surface area contributed by atoms with Crippen molar-refractivity contribution in [1.29, 1.82) is 0 Å². The second-order valence-corrected chi connectivity index (χ2v) is 5.88. The van der Waals surface area contributed by atoms with Gasteiger partial charge in [0.1, 0.15) is 5.75 Å². The second-order valence-electron chi connectivity index (χ2n) is 5.88. The smallest absolute Gasteiger partial charge is 0.258 e. The van der Waals surface area contributed by atoms with E-state index >= 15 is 0 Å². The Labute approximate surface area is 148 Å². The van der Waals surface area contributed by atoms with Crippen LogP contribution in [0.3, 0.4) is 0 Å². The summed E-state index contributed by atoms with van der Waals surface area (Å²) in [4.78, 5) is 24.7. The maximum Gasteiger partial charge on any atom is 0.258 e. The molecule has 2 aromatic rings. The summed E-state index contributed by atoms with van der Waals surface area (Å²) < 4.78 is 15.8. The second kappa shape index (κ2) is 6.66. The number of β-amino-alcohol motifs (C(OH)–C–C–N with tert-alkyl or cyclic N) is 1. The van der Waals surface area contributed by atoms with Crippen LogP contribution in [0.4, 0.5) is 0 Å². The number of ether oxygens (including phenoxy) is 3. The Kier molecular flexibility index (Phi) is 4.19. The molecule has 3 N–H and O–H groups in total. The molecule has 2 aliphatic heterocycles. The number of imide groups is 1. The third-order valence-electron chi connectivity index (χ3n) is 4.09. The van der Waals surface area contributed by atoms with Gasteiger partial charge in [0.15, 0.2) is 11.5 Å². The lowest BCUT2D eigenvalue weighted by Gasteiger charge is -2.12. The van der Waals surface area contributed by atoms with Crippen LogP contribution in [0.15, 0.2) is 36.4 Å². The molecule has 0 aliphatic carbocycles. The fraction of sp³-hybridized carbons (Fsp3) is 0.222. The number of hydrogen-bond acceptors (Lipinski definition) is 7. The maximum atomic E-state index is 12.4. The Hall–Kier alpha value is -3.10. The lowest BCUT2D eigenvalue weighted by molar-refractivity contribution is -0.0114. The zero-order chi connectivity index (χ0) is 18.1. The molecule has 4 rings (SSSR count). The normalized spacial score (nSPS) is 17.7. The minimum absolute atomic E-state index is 0.106. The zero-order valence-electron chi connectivity index (χ0n) is 13.7. The monoisotopic (exact) mass is 356 g/mol. The molecule has 2 heterocycles. The largest absolute Gasteiger partial charge is 0.463 e. The lowest BCUT2D eigenvalue weighted by Crippen LogP contribution is -2.30. The first kappa shape index (κ1) is 16.4. The molecular weight excluding hydrogens is 340 g/mol. The van der Waals surface area contributed by atoms with Crippen molar-refractivity contribution in [3.05, 3.63) is 53.1 Å².